The quantitative estimate of drug-likeness (QED) is 0.0830. The van der Waals surface area contributed by atoms with Crippen LogP contribution in [0.4, 0.5) is 0 Å². The Bertz CT molecular complexity index is 2220. The maximum absolute atomic E-state index is 13.0. The number of benzene rings is 3. The van der Waals surface area contributed by atoms with Gasteiger partial charge in [0, 0.05) is 47.0 Å². The highest BCUT2D eigenvalue weighted by molar-refractivity contribution is 5.89. The lowest BCUT2D eigenvalue weighted by Gasteiger charge is -2.34. The number of aromatic hydroxyl groups is 2. The van der Waals surface area contributed by atoms with Gasteiger partial charge in [-0.15, -0.1) is 0 Å². The molecule has 3 heterocycles. The van der Waals surface area contributed by atoms with Crippen LogP contribution in [0.2, 0.25) is 0 Å². The number of allylic oxidation sites excluding steroid dienone is 2. The van der Waals surface area contributed by atoms with Crippen LogP contribution in [0.3, 0.4) is 0 Å². The molecular formula is C43H33N3O5. The lowest BCUT2D eigenvalue weighted by atomic mass is 9.74. The number of fused-ring (bicyclic) bond motifs is 5. The van der Waals surface area contributed by atoms with E-state index in [0.717, 1.165) is 22.3 Å². The minimum atomic E-state index is -1.71. The molecule has 0 spiro atoms. The van der Waals surface area contributed by atoms with Crippen LogP contribution in [0.5, 0.6) is 11.8 Å². The van der Waals surface area contributed by atoms with Gasteiger partial charge in [-0.05, 0) is 58.2 Å². The van der Waals surface area contributed by atoms with Crippen molar-refractivity contribution >= 4 is 17.6 Å². The average molecular weight is 672 g/mol. The topological polar surface area (TPSA) is 118 Å². The van der Waals surface area contributed by atoms with Gasteiger partial charge in [-0.1, -0.05) is 109 Å². The number of nitrogens with zero attached hydrogens (tertiary/aromatic N) is 3. The Morgan fingerprint density at radius 2 is 1.39 bits per heavy atom. The predicted octanol–water partition coefficient (Wildman–Crippen LogP) is 7.46. The maximum atomic E-state index is 13.0. The molecule has 0 aliphatic heterocycles. The highest BCUT2D eigenvalue weighted by atomic mass is 16.5. The van der Waals surface area contributed by atoms with Crippen molar-refractivity contribution in [2.75, 3.05) is 0 Å². The van der Waals surface area contributed by atoms with E-state index >= 15 is 0 Å². The zero-order valence-electron chi connectivity index (χ0n) is 27.4. The molecule has 0 saturated carbocycles. The summed E-state index contributed by atoms with van der Waals surface area (Å²) in [4.78, 5) is 22.1. The molecule has 8 heteroatoms. The first-order chi connectivity index (χ1) is 25.0. The summed E-state index contributed by atoms with van der Waals surface area (Å²) in [5.74, 6) is -2.41. The fourth-order valence-corrected chi connectivity index (χ4v) is 7.44. The molecule has 51 heavy (non-hydrogen) atoms. The molecule has 3 unspecified atom stereocenters. The summed E-state index contributed by atoms with van der Waals surface area (Å²) in [7, 11) is 0. The zero-order valence-corrected chi connectivity index (χ0v) is 27.4. The fraction of sp³-hybridized carbons (Fsp3) is 0.0930. The summed E-state index contributed by atoms with van der Waals surface area (Å²) < 4.78 is 6.70. The van der Waals surface area contributed by atoms with Crippen LogP contribution in [0.25, 0.3) is 11.6 Å². The third kappa shape index (κ3) is 5.42. The van der Waals surface area contributed by atoms with Crippen molar-refractivity contribution in [3.8, 4) is 11.8 Å². The molecular weight excluding hydrogens is 638 g/mol. The van der Waals surface area contributed by atoms with Gasteiger partial charge in [0.05, 0.1) is 11.4 Å². The highest BCUT2D eigenvalue weighted by Gasteiger charge is 2.56. The van der Waals surface area contributed by atoms with E-state index in [4.69, 9.17) is 9.72 Å². The number of esters is 1. The minimum Gasteiger partial charge on any atom is -0.494 e. The van der Waals surface area contributed by atoms with Crippen LogP contribution in [0.1, 0.15) is 51.0 Å². The average Bonchev–Trinajstić information content (AvgIpc) is 3.80. The van der Waals surface area contributed by atoms with Gasteiger partial charge in [0.1, 0.15) is 0 Å². The Morgan fingerprint density at radius 1 is 0.765 bits per heavy atom. The predicted molar refractivity (Wildman–Crippen MR) is 193 cm³/mol. The summed E-state index contributed by atoms with van der Waals surface area (Å²) >= 11 is 0. The molecule has 250 valence electrons. The van der Waals surface area contributed by atoms with Crippen LogP contribution < -0.4 is 0 Å². The molecule has 2 aliphatic rings. The molecule has 8 nitrogen and oxygen atoms in total. The Hall–Kier alpha value is -6.51. The second-order valence-electron chi connectivity index (χ2n) is 12.5. The van der Waals surface area contributed by atoms with Gasteiger partial charge in [0.15, 0.2) is 12.3 Å². The molecule has 0 radical (unpaired) electrons. The van der Waals surface area contributed by atoms with E-state index < -0.39 is 30.1 Å². The van der Waals surface area contributed by atoms with E-state index in [9.17, 15) is 20.1 Å². The molecule has 6 aromatic rings. The Morgan fingerprint density at radius 3 is 2.06 bits per heavy atom. The van der Waals surface area contributed by atoms with E-state index in [1.165, 1.54) is 10.6 Å². The molecule has 0 saturated heterocycles. The van der Waals surface area contributed by atoms with Gasteiger partial charge in [0.2, 0.25) is 11.8 Å². The normalized spacial score (nSPS) is 18.3. The van der Waals surface area contributed by atoms with Crippen molar-refractivity contribution in [3.05, 3.63) is 202 Å². The number of hydrogen-bond acceptors (Lipinski definition) is 7. The Balaban J connectivity index is 1.29. The monoisotopic (exact) mass is 671 g/mol. The van der Waals surface area contributed by atoms with Crippen LogP contribution in [-0.2, 0) is 21.9 Å². The first-order valence-electron chi connectivity index (χ1n) is 16.6. The maximum Gasteiger partial charge on any atom is 0.332 e. The number of aliphatic hydroxyl groups is 1. The SMILES string of the molecule is O=C(C=Cc1ccccc1)OCn1c(O)c2c(c1O)C1C(C(O)(c3ccccc3)c3ccccn3)=CC2C1=C(c1ccccc1)c1ccccn1. The van der Waals surface area contributed by atoms with Gasteiger partial charge in [-0.25, -0.2) is 9.36 Å². The smallest absolute Gasteiger partial charge is 0.332 e. The van der Waals surface area contributed by atoms with Gasteiger partial charge in [0.25, 0.3) is 0 Å². The van der Waals surface area contributed by atoms with Gasteiger partial charge in [-0.3, -0.25) is 9.97 Å². The number of hydrogen-bond donors (Lipinski definition) is 3. The summed E-state index contributed by atoms with van der Waals surface area (Å²) in [6.45, 7) is -0.425. The van der Waals surface area contributed by atoms with Crippen molar-refractivity contribution in [2.45, 2.75) is 24.2 Å². The van der Waals surface area contributed by atoms with Crippen LogP contribution in [0, 0.1) is 0 Å². The summed E-state index contributed by atoms with van der Waals surface area (Å²) in [6, 6.07) is 39.6. The number of ether oxygens (including phenoxy) is 1. The summed E-state index contributed by atoms with van der Waals surface area (Å²) in [6.07, 6.45) is 8.28. The van der Waals surface area contributed by atoms with Gasteiger partial charge in [-0.2, -0.15) is 0 Å². The Labute approximate surface area is 294 Å². The lowest BCUT2D eigenvalue weighted by molar-refractivity contribution is -0.141. The van der Waals surface area contributed by atoms with Crippen LogP contribution in [0.15, 0.2) is 163 Å². The molecule has 0 amide bonds. The highest BCUT2D eigenvalue weighted by Crippen LogP contribution is 2.67. The number of rotatable bonds is 9. The van der Waals surface area contributed by atoms with E-state index in [1.807, 2.05) is 121 Å². The van der Waals surface area contributed by atoms with E-state index in [2.05, 4.69) is 4.98 Å². The number of aromatic nitrogens is 3. The number of carbonyl (C=O) groups is 1. The molecule has 2 bridgehead atoms. The lowest BCUT2D eigenvalue weighted by Crippen LogP contribution is -2.33. The second-order valence-corrected chi connectivity index (χ2v) is 12.5. The second kappa shape index (κ2) is 13.1. The third-order valence-corrected chi connectivity index (χ3v) is 9.65. The molecule has 2 aliphatic carbocycles. The fourth-order valence-electron chi connectivity index (χ4n) is 7.44. The molecule has 8 rings (SSSR count). The Kier molecular flexibility index (Phi) is 8.14. The van der Waals surface area contributed by atoms with Crippen molar-refractivity contribution < 1.29 is 24.9 Å². The molecule has 3 N–H and O–H groups in total. The number of pyridine rings is 2. The molecule has 3 aromatic carbocycles. The van der Waals surface area contributed by atoms with Crippen LogP contribution >= 0.6 is 0 Å². The number of carbonyl (C=O) groups excluding carboxylic acids is 1. The van der Waals surface area contributed by atoms with E-state index in [0.29, 0.717) is 33.7 Å². The molecule has 0 fully saturated rings. The van der Waals surface area contributed by atoms with Crippen LogP contribution in [-0.4, -0.2) is 35.8 Å². The first kappa shape index (κ1) is 31.7. The van der Waals surface area contributed by atoms with Crippen molar-refractivity contribution in [2.24, 2.45) is 0 Å². The minimum absolute atomic E-state index is 0.225. The van der Waals surface area contributed by atoms with Crippen molar-refractivity contribution in [1.29, 1.82) is 0 Å². The van der Waals surface area contributed by atoms with E-state index in [-0.39, 0.29) is 11.8 Å². The summed E-state index contributed by atoms with van der Waals surface area (Å²) in [5, 5.41) is 36.8. The van der Waals surface area contributed by atoms with Crippen molar-refractivity contribution in [3.63, 3.8) is 0 Å². The summed E-state index contributed by atoms with van der Waals surface area (Å²) in [5.41, 5.74) is 4.91. The van der Waals surface area contributed by atoms with Gasteiger partial charge >= 0.3 is 5.97 Å². The van der Waals surface area contributed by atoms with Crippen molar-refractivity contribution in [1.82, 2.24) is 14.5 Å². The van der Waals surface area contributed by atoms with Gasteiger partial charge < -0.3 is 20.1 Å². The largest absolute Gasteiger partial charge is 0.494 e. The molecule has 3 aromatic heterocycles. The first-order valence-corrected chi connectivity index (χ1v) is 16.6. The zero-order chi connectivity index (χ0) is 35.0. The standard InChI is InChI=1S/C43H33N3O5/c47-35(23-22-28-14-4-1-5-15-28)51-27-46-41(48)38-31-26-32(43(50,30-18-8-3-9-19-30)34-21-11-13-25-45-34)39(40(38)42(46)49)37(31)36(29-16-6-2-7-17-29)33-20-10-12-24-44-33/h1-26,31,39,48-50H,27H2. The third-order valence-electron chi connectivity index (χ3n) is 9.65. The molecule has 3 atom stereocenters. The van der Waals surface area contributed by atoms with E-state index in [1.54, 1.807) is 30.6 Å².